The van der Waals surface area contributed by atoms with Gasteiger partial charge < -0.3 is 19.9 Å². The summed E-state index contributed by atoms with van der Waals surface area (Å²) in [5.74, 6) is -0.966. The van der Waals surface area contributed by atoms with Crippen LogP contribution in [-0.4, -0.2) is 40.0 Å². The molecule has 1 fully saturated rings. The standard InChI is InChI=1S/C25H21F2N5O3/c26-19-4-1-7-29-25(19)35-14-17-3-2-8-31(17)22-10-21-18(9-20(22)27)24(34)15(13-33)12-32(21)16-5-6-23(28)30-11-16/h1,4-7,9-13,17H,2-3,8,14H2,(H2,28,30). The number of benzene rings is 1. The number of rotatable bonds is 6. The molecule has 1 atom stereocenters. The fraction of sp³-hybridized carbons (Fsp3) is 0.200. The first-order valence-electron chi connectivity index (χ1n) is 11.0. The summed E-state index contributed by atoms with van der Waals surface area (Å²) >= 11 is 0. The second-order valence-corrected chi connectivity index (χ2v) is 8.25. The Morgan fingerprint density at radius 2 is 2.03 bits per heavy atom. The van der Waals surface area contributed by atoms with Crippen LogP contribution in [0.3, 0.4) is 0 Å². The van der Waals surface area contributed by atoms with Crippen molar-refractivity contribution >= 4 is 28.7 Å². The van der Waals surface area contributed by atoms with Crippen LogP contribution in [0.5, 0.6) is 5.88 Å². The summed E-state index contributed by atoms with van der Waals surface area (Å²) in [5.41, 5.74) is 6.27. The van der Waals surface area contributed by atoms with E-state index in [1.54, 1.807) is 22.8 Å². The quantitative estimate of drug-likeness (QED) is 0.424. The SMILES string of the molecule is Nc1ccc(-n2cc(C=O)c(=O)c3cc(F)c(N4CCCC4COc4ncccc4F)cc32)cn1. The zero-order valence-electron chi connectivity index (χ0n) is 18.5. The van der Waals surface area contributed by atoms with Crippen LogP contribution in [-0.2, 0) is 0 Å². The van der Waals surface area contributed by atoms with Gasteiger partial charge in [-0.3, -0.25) is 9.59 Å². The van der Waals surface area contributed by atoms with Crippen LogP contribution >= 0.6 is 0 Å². The van der Waals surface area contributed by atoms with E-state index < -0.39 is 17.1 Å². The van der Waals surface area contributed by atoms with Crippen molar-refractivity contribution in [3.05, 3.63) is 82.4 Å². The predicted molar refractivity (Wildman–Crippen MR) is 127 cm³/mol. The molecule has 0 saturated carbocycles. The molecule has 0 spiro atoms. The Morgan fingerprint density at radius 1 is 1.17 bits per heavy atom. The zero-order chi connectivity index (χ0) is 24.5. The average molecular weight is 477 g/mol. The van der Waals surface area contributed by atoms with Gasteiger partial charge in [-0.1, -0.05) is 0 Å². The molecule has 35 heavy (non-hydrogen) atoms. The van der Waals surface area contributed by atoms with Crippen LogP contribution in [0.4, 0.5) is 20.3 Å². The molecule has 5 rings (SSSR count). The number of fused-ring (bicyclic) bond motifs is 1. The lowest BCUT2D eigenvalue weighted by molar-refractivity contribution is 0.112. The molecule has 3 aromatic heterocycles. The fourth-order valence-corrected chi connectivity index (χ4v) is 4.39. The molecule has 1 aliphatic rings. The number of aldehydes is 1. The molecule has 8 nitrogen and oxygen atoms in total. The number of carbonyl (C=O) groups is 1. The lowest BCUT2D eigenvalue weighted by Crippen LogP contribution is -2.35. The van der Waals surface area contributed by atoms with Crippen molar-refractivity contribution < 1.29 is 18.3 Å². The minimum atomic E-state index is -0.601. The van der Waals surface area contributed by atoms with Crippen molar-refractivity contribution in [1.29, 1.82) is 0 Å². The van der Waals surface area contributed by atoms with Crippen LogP contribution in [0.2, 0.25) is 0 Å². The molecule has 10 heteroatoms. The molecular formula is C25H21F2N5O3. The Hall–Kier alpha value is -4.34. The Bertz CT molecular complexity index is 1470. The van der Waals surface area contributed by atoms with Gasteiger partial charge in [-0.05, 0) is 49.2 Å². The number of nitrogens with zero attached hydrogens (tertiary/aromatic N) is 4. The van der Waals surface area contributed by atoms with Crippen molar-refractivity contribution in [3.63, 3.8) is 0 Å². The van der Waals surface area contributed by atoms with Gasteiger partial charge in [0.1, 0.15) is 18.2 Å². The Labute approximate surface area is 198 Å². The van der Waals surface area contributed by atoms with Gasteiger partial charge in [0.25, 0.3) is 0 Å². The highest BCUT2D eigenvalue weighted by atomic mass is 19.1. The van der Waals surface area contributed by atoms with Crippen LogP contribution in [0.1, 0.15) is 23.2 Å². The molecule has 1 aliphatic heterocycles. The Balaban J connectivity index is 1.57. The molecule has 0 aliphatic carbocycles. The predicted octanol–water partition coefficient (Wildman–Crippen LogP) is 3.50. The highest BCUT2D eigenvalue weighted by Gasteiger charge is 2.29. The molecule has 4 aromatic rings. The fourth-order valence-electron chi connectivity index (χ4n) is 4.39. The van der Waals surface area contributed by atoms with Gasteiger partial charge >= 0.3 is 0 Å². The third-order valence-corrected chi connectivity index (χ3v) is 6.10. The van der Waals surface area contributed by atoms with Crippen molar-refractivity contribution in [3.8, 4) is 11.6 Å². The van der Waals surface area contributed by atoms with Crippen LogP contribution in [0.25, 0.3) is 16.6 Å². The minimum absolute atomic E-state index is 0.0650. The van der Waals surface area contributed by atoms with Crippen LogP contribution in [0.15, 0.2) is 59.8 Å². The molecule has 1 saturated heterocycles. The second-order valence-electron chi connectivity index (χ2n) is 8.25. The number of pyridine rings is 3. The van der Waals surface area contributed by atoms with Crippen LogP contribution in [0, 0.1) is 11.6 Å². The molecule has 1 unspecified atom stereocenters. The normalized spacial score (nSPS) is 15.5. The lowest BCUT2D eigenvalue weighted by atomic mass is 10.1. The number of hydrogen-bond acceptors (Lipinski definition) is 7. The first-order chi connectivity index (χ1) is 17.0. The van der Waals surface area contributed by atoms with Gasteiger partial charge in [-0.25, -0.2) is 18.7 Å². The van der Waals surface area contributed by atoms with Gasteiger partial charge in [0.05, 0.1) is 34.7 Å². The van der Waals surface area contributed by atoms with E-state index in [4.69, 9.17) is 10.5 Å². The maximum Gasteiger partial charge on any atom is 0.250 e. The molecule has 0 radical (unpaired) electrons. The number of nitrogens with two attached hydrogens (primary N) is 1. The van der Waals surface area contributed by atoms with Crippen molar-refractivity contribution in [2.45, 2.75) is 18.9 Å². The van der Waals surface area contributed by atoms with E-state index in [0.29, 0.717) is 36.3 Å². The van der Waals surface area contributed by atoms with E-state index in [9.17, 15) is 14.0 Å². The summed E-state index contributed by atoms with van der Waals surface area (Å²) in [6, 6.07) is 8.52. The van der Waals surface area contributed by atoms with E-state index in [2.05, 4.69) is 9.97 Å². The minimum Gasteiger partial charge on any atom is -0.473 e. The Kier molecular flexibility index (Phi) is 5.86. The molecule has 1 aromatic carbocycles. The van der Waals surface area contributed by atoms with Gasteiger partial charge in [-0.2, -0.15) is 0 Å². The van der Waals surface area contributed by atoms with Gasteiger partial charge in [0, 0.05) is 24.3 Å². The average Bonchev–Trinajstić information content (AvgIpc) is 3.33. The summed E-state index contributed by atoms with van der Waals surface area (Å²) in [6.07, 6.45) is 6.29. The van der Waals surface area contributed by atoms with E-state index in [1.165, 1.54) is 30.7 Å². The monoisotopic (exact) mass is 477 g/mol. The number of nitrogen functional groups attached to an aromatic ring is 1. The van der Waals surface area contributed by atoms with Crippen molar-refractivity contribution in [2.75, 3.05) is 23.8 Å². The smallest absolute Gasteiger partial charge is 0.250 e. The van der Waals surface area contributed by atoms with Gasteiger partial charge in [-0.15, -0.1) is 0 Å². The maximum atomic E-state index is 15.4. The number of anilines is 2. The van der Waals surface area contributed by atoms with Gasteiger partial charge in [0.2, 0.25) is 5.88 Å². The second kappa shape index (κ2) is 9.13. The summed E-state index contributed by atoms with van der Waals surface area (Å²) in [7, 11) is 0. The largest absolute Gasteiger partial charge is 0.473 e. The number of hydrogen-bond donors (Lipinski definition) is 1. The summed E-state index contributed by atoms with van der Waals surface area (Å²) in [5, 5.41) is 0.0650. The summed E-state index contributed by atoms with van der Waals surface area (Å²) < 4.78 is 36.5. The van der Waals surface area contributed by atoms with E-state index in [0.717, 1.165) is 12.5 Å². The molecular weight excluding hydrogens is 456 g/mol. The molecule has 0 amide bonds. The third kappa shape index (κ3) is 4.18. The first kappa shape index (κ1) is 22.5. The number of ether oxygens (including phenoxy) is 1. The number of carbonyl (C=O) groups excluding carboxylic acids is 1. The van der Waals surface area contributed by atoms with Gasteiger partial charge in [0.15, 0.2) is 17.5 Å². The molecule has 4 heterocycles. The topological polar surface area (TPSA) is 103 Å². The molecule has 178 valence electrons. The lowest BCUT2D eigenvalue weighted by Gasteiger charge is -2.27. The third-order valence-electron chi connectivity index (χ3n) is 6.10. The van der Waals surface area contributed by atoms with E-state index >= 15 is 4.39 Å². The first-order valence-corrected chi connectivity index (χ1v) is 11.0. The summed E-state index contributed by atoms with van der Waals surface area (Å²) in [4.78, 5) is 34.2. The van der Waals surface area contributed by atoms with Crippen molar-refractivity contribution in [1.82, 2.24) is 14.5 Å². The number of halogens is 2. The Morgan fingerprint density at radius 3 is 2.77 bits per heavy atom. The van der Waals surface area contributed by atoms with Crippen LogP contribution < -0.4 is 20.8 Å². The molecule has 0 bridgehead atoms. The van der Waals surface area contributed by atoms with E-state index in [-0.39, 0.29) is 35.2 Å². The highest BCUT2D eigenvalue weighted by molar-refractivity contribution is 5.89. The highest BCUT2D eigenvalue weighted by Crippen LogP contribution is 2.32. The molecule has 2 N–H and O–H groups in total. The maximum absolute atomic E-state index is 15.4. The zero-order valence-corrected chi connectivity index (χ0v) is 18.5. The number of aromatic nitrogens is 3. The summed E-state index contributed by atoms with van der Waals surface area (Å²) in [6.45, 7) is 0.672. The van der Waals surface area contributed by atoms with Crippen molar-refractivity contribution in [2.24, 2.45) is 0 Å². The van der Waals surface area contributed by atoms with E-state index in [1.807, 2.05) is 4.90 Å².